The van der Waals surface area contributed by atoms with Gasteiger partial charge in [-0.25, -0.2) is 23.8 Å². The maximum atomic E-state index is 3.12. The molecule has 0 aromatic heterocycles. The molecule has 0 atom stereocenters. The van der Waals surface area contributed by atoms with Crippen LogP contribution in [-0.4, -0.2) is 0 Å². The smallest absolute Gasteiger partial charge is 0.273 e. The zero-order chi connectivity index (χ0) is 7.94. The second kappa shape index (κ2) is 7.33. The summed E-state index contributed by atoms with van der Waals surface area (Å²) in [6.45, 7) is 2.06. The van der Waals surface area contributed by atoms with E-state index in [9.17, 15) is 0 Å². The minimum absolute atomic E-state index is 0. The second-order valence-corrected chi connectivity index (χ2v) is 2.47. The summed E-state index contributed by atoms with van der Waals surface area (Å²) >= 11 is 0. The van der Waals surface area contributed by atoms with Crippen LogP contribution in [0.3, 0.4) is 0 Å². The molecule has 0 aliphatic heterocycles. The summed E-state index contributed by atoms with van der Waals surface area (Å²) in [5.74, 6) is 0. The first-order chi connectivity index (χ1) is 5.39. The van der Waals surface area contributed by atoms with Gasteiger partial charge in [-0.15, -0.1) is 12.8 Å². The molecule has 0 spiro atoms. The van der Waals surface area contributed by atoms with Crippen LogP contribution in [0.25, 0.3) is 0 Å². The van der Waals surface area contributed by atoms with Gasteiger partial charge < -0.3 is 0 Å². The fraction of sp³-hybridized carbons (Fsp3) is 0.273. The van der Waals surface area contributed by atoms with Gasteiger partial charge in [0.15, 0.2) is 0 Å². The molecular formula is C11H12Ti. The predicted octanol–water partition coefficient (Wildman–Crippen LogP) is 3.00. The Balaban J connectivity index is 0.000000189. The van der Waals surface area contributed by atoms with Crippen molar-refractivity contribution in [3.8, 4) is 0 Å². The Morgan fingerprint density at radius 1 is 1.25 bits per heavy atom. The molecule has 0 aromatic carbocycles. The Morgan fingerprint density at radius 2 is 2.08 bits per heavy atom. The third-order valence-electron chi connectivity index (χ3n) is 1.45. The van der Waals surface area contributed by atoms with Gasteiger partial charge in [0.2, 0.25) is 0 Å². The first-order valence-corrected chi connectivity index (χ1v) is 3.85. The minimum Gasteiger partial charge on any atom is -0.273 e. The van der Waals surface area contributed by atoms with Crippen LogP contribution in [0, 0.1) is 12.2 Å². The van der Waals surface area contributed by atoms with Crippen molar-refractivity contribution in [1.82, 2.24) is 0 Å². The van der Waals surface area contributed by atoms with Crippen molar-refractivity contribution >= 4 is 0 Å². The fourth-order valence-electron chi connectivity index (χ4n) is 0.855. The Morgan fingerprint density at radius 3 is 2.25 bits per heavy atom. The molecule has 0 heterocycles. The third-order valence-corrected chi connectivity index (χ3v) is 1.45. The van der Waals surface area contributed by atoms with Crippen molar-refractivity contribution in [1.29, 1.82) is 0 Å². The molecule has 0 saturated carbocycles. The van der Waals surface area contributed by atoms with Gasteiger partial charge in [-0.2, -0.15) is 12.2 Å². The van der Waals surface area contributed by atoms with Crippen LogP contribution < -0.4 is 0 Å². The topological polar surface area (TPSA) is 0 Å². The summed E-state index contributed by atoms with van der Waals surface area (Å²) in [4.78, 5) is 0. The van der Waals surface area contributed by atoms with Crippen molar-refractivity contribution in [3.05, 3.63) is 48.1 Å². The van der Waals surface area contributed by atoms with Gasteiger partial charge in [0.25, 0.3) is 0 Å². The monoisotopic (exact) mass is 192 g/mol. The average Bonchev–Trinajstić information content (AvgIpc) is 2.57. The summed E-state index contributed by atoms with van der Waals surface area (Å²) in [6.07, 6.45) is 18.3. The van der Waals surface area contributed by atoms with Crippen molar-refractivity contribution < 1.29 is 21.7 Å². The van der Waals surface area contributed by atoms with Crippen LogP contribution in [0.4, 0.5) is 0 Å². The number of hydrogen-bond donors (Lipinski definition) is 0. The van der Waals surface area contributed by atoms with Crippen LogP contribution in [0.15, 0.2) is 36.0 Å². The van der Waals surface area contributed by atoms with Crippen LogP contribution >= 0.6 is 0 Å². The van der Waals surface area contributed by atoms with E-state index >= 15 is 0 Å². The van der Waals surface area contributed by atoms with E-state index in [1.54, 1.807) is 0 Å². The van der Waals surface area contributed by atoms with Crippen LogP contribution in [0.1, 0.15) is 19.8 Å². The molecule has 0 unspecified atom stereocenters. The van der Waals surface area contributed by atoms with E-state index < -0.39 is 0 Å². The summed E-state index contributed by atoms with van der Waals surface area (Å²) in [7, 11) is 0. The standard InChI is InChI=1S/C6H7.C5H5.Ti/c1-6-4-2-3-5-6;1-2-4-5-3-1;/h2,4H,3H2,1H3;1-3H,4H2;/q2*-1;+2. The average molecular weight is 192 g/mol. The Bertz CT molecular complexity index is 206. The maximum absolute atomic E-state index is 3.12. The summed E-state index contributed by atoms with van der Waals surface area (Å²) < 4.78 is 0. The molecule has 1 heteroatoms. The normalized spacial score (nSPS) is 16.6. The number of hydrogen-bond acceptors (Lipinski definition) is 0. The van der Waals surface area contributed by atoms with E-state index in [-0.39, 0.29) is 21.7 Å². The molecule has 0 bridgehead atoms. The van der Waals surface area contributed by atoms with Gasteiger partial charge >= 0.3 is 21.7 Å². The second-order valence-electron chi connectivity index (χ2n) is 2.47. The Hall–Kier alpha value is -0.326. The first-order valence-electron chi connectivity index (χ1n) is 3.85. The molecule has 2 aliphatic rings. The molecule has 60 valence electrons. The molecule has 0 aromatic rings. The first kappa shape index (κ1) is 11.7. The van der Waals surface area contributed by atoms with Crippen molar-refractivity contribution in [3.63, 3.8) is 0 Å². The molecular weight excluding hydrogens is 180 g/mol. The number of rotatable bonds is 0. The predicted molar refractivity (Wildman–Crippen MR) is 47.8 cm³/mol. The molecule has 0 saturated heterocycles. The third kappa shape index (κ3) is 5.34. The molecule has 0 radical (unpaired) electrons. The van der Waals surface area contributed by atoms with Gasteiger partial charge in [-0.3, -0.25) is 12.2 Å². The quantitative estimate of drug-likeness (QED) is 0.408. The van der Waals surface area contributed by atoms with Gasteiger partial charge in [-0.05, 0) is 0 Å². The van der Waals surface area contributed by atoms with Gasteiger partial charge in [0, 0.05) is 0 Å². The molecule has 0 fully saturated rings. The Kier molecular flexibility index (Phi) is 7.13. The zero-order valence-corrected chi connectivity index (χ0v) is 8.86. The zero-order valence-electron chi connectivity index (χ0n) is 7.30. The minimum atomic E-state index is 0. The molecule has 0 nitrogen and oxygen atoms in total. The molecule has 2 rings (SSSR count). The van der Waals surface area contributed by atoms with E-state index in [4.69, 9.17) is 0 Å². The van der Waals surface area contributed by atoms with Crippen molar-refractivity contribution in [2.45, 2.75) is 19.8 Å². The van der Waals surface area contributed by atoms with Gasteiger partial charge in [0.1, 0.15) is 0 Å². The molecule has 12 heavy (non-hydrogen) atoms. The van der Waals surface area contributed by atoms with E-state index in [1.807, 2.05) is 12.2 Å². The SMILES string of the molecule is CC1=[C-]CC=C1.[C-]1=CC=CC1.[Ti+2]. The van der Waals surface area contributed by atoms with Gasteiger partial charge in [-0.1, -0.05) is 6.92 Å². The van der Waals surface area contributed by atoms with Crippen molar-refractivity contribution in [2.75, 3.05) is 0 Å². The summed E-state index contributed by atoms with van der Waals surface area (Å²) in [6, 6.07) is 0. The fourth-order valence-corrected chi connectivity index (χ4v) is 0.855. The van der Waals surface area contributed by atoms with E-state index in [0.717, 1.165) is 12.8 Å². The van der Waals surface area contributed by atoms with E-state index in [0.29, 0.717) is 0 Å². The Labute approximate surface area is 89.6 Å². The molecule has 0 amide bonds. The van der Waals surface area contributed by atoms with E-state index in [1.165, 1.54) is 5.57 Å². The van der Waals surface area contributed by atoms with E-state index in [2.05, 4.69) is 37.3 Å². The van der Waals surface area contributed by atoms with Crippen molar-refractivity contribution in [2.24, 2.45) is 0 Å². The van der Waals surface area contributed by atoms with Crippen LogP contribution in [0.5, 0.6) is 0 Å². The molecule has 2 aliphatic carbocycles. The molecule has 0 N–H and O–H groups in total. The largest absolute Gasteiger partial charge is 2.00 e. The summed E-state index contributed by atoms with van der Waals surface area (Å²) in [5, 5.41) is 0. The number of allylic oxidation sites excluding steroid dienone is 8. The summed E-state index contributed by atoms with van der Waals surface area (Å²) in [5.41, 5.74) is 1.27. The van der Waals surface area contributed by atoms with Crippen LogP contribution in [0.2, 0.25) is 0 Å². The van der Waals surface area contributed by atoms with Crippen LogP contribution in [-0.2, 0) is 21.7 Å². The maximum Gasteiger partial charge on any atom is 2.00 e. The van der Waals surface area contributed by atoms with Gasteiger partial charge in [0.05, 0.1) is 0 Å².